The van der Waals surface area contributed by atoms with Crippen molar-refractivity contribution in [2.24, 2.45) is 5.73 Å². The van der Waals surface area contributed by atoms with Crippen LogP contribution in [0.2, 0.25) is 0 Å². The summed E-state index contributed by atoms with van der Waals surface area (Å²) in [5.74, 6) is 0.727. The van der Waals surface area contributed by atoms with Crippen LogP contribution < -0.4 is 25.8 Å². The Morgan fingerprint density at radius 3 is 1.95 bits per heavy atom. The normalized spacial score (nSPS) is 11.7. The van der Waals surface area contributed by atoms with Crippen molar-refractivity contribution < 1.29 is 33.3 Å². The first kappa shape index (κ1) is 41.4. The van der Waals surface area contributed by atoms with E-state index in [0.717, 1.165) is 11.8 Å². The van der Waals surface area contributed by atoms with E-state index in [1.807, 2.05) is 62.8 Å². The maximum Gasteiger partial charge on any atom is 0.276 e. The van der Waals surface area contributed by atoms with Crippen molar-refractivity contribution in [3.63, 3.8) is 0 Å². The zero-order chi connectivity index (χ0) is 40.4. The molecule has 4 N–H and O–H groups in total. The van der Waals surface area contributed by atoms with Crippen molar-refractivity contribution >= 4 is 52.1 Å². The molecule has 0 aliphatic heterocycles. The second-order valence-corrected chi connectivity index (χ2v) is 13.7. The van der Waals surface area contributed by atoms with Crippen LogP contribution in [0.4, 0.5) is 11.9 Å². The van der Waals surface area contributed by atoms with Gasteiger partial charge in [0.15, 0.2) is 0 Å². The molecule has 300 valence electrons. The summed E-state index contributed by atoms with van der Waals surface area (Å²) >= 11 is 0. The molecule has 0 radical (unpaired) electrons. The topological polar surface area (TPSA) is 192 Å². The quantitative estimate of drug-likeness (QED) is 0.0440. The molecule has 0 aliphatic rings. The number of ether oxygens (including phenoxy) is 4. The van der Waals surface area contributed by atoms with Crippen LogP contribution in [0.5, 0.6) is 11.5 Å². The molecule has 2 aromatic carbocycles. The standard InChI is InChI=1S/C40H53N9O7/c1-8-49-32(19-27(6)46-49)38(52)45-40-44-31-22-29(37(41)51)23-34(56-18-12-16-54-26(4)5)36(31)48(40)14-10-9-13-47-35-30(43-39(47)42-7)20-28(24-50)21-33(35)55-17-11-15-53-25(2)3/h9-10,19-26H,8,11-18H2,1-7H3,(H2,41,51)(H,42,43)(H,44,45,52)/b10-9+. The van der Waals surface area contributed by atoms with Crippen LogP contribution in [0.15, 0.2) is 42.5 Å². The first-order valence-corrected chi connectivity index (χ1v) is 18.9. The minimum Gasteiger partial charge on any atom is -0.491 e. The molecule has 0 aliphatic carbocycles. The van der Waals surface area contributed by atoms with E-state index in [1.165, 1.54) is 0 Å². The molecular weight excluding hydrogens is 718 g/mol. The average Bonchev–Trinajstić information content (AvgIpc) is 3.84. The second kappa shape index (κ2) is 19.2. The van der Waals surface area contributed by atoms with E-state index in [-0.39, 0.29) is 30.3 Å². The number of carbonyl (C=O) groups is 3. The summed E-state index contributed by atoms with van der Waals surface area (Å²) in [6.07, 6.45) is 6.16. The van der Waals surface area contributed by atoms with Gasteiger partial charge < -0.3 is 39.1 Å². The largest absolute Gasteiger partial charge is 0.491 e. The molecular formula is C40H53N9O7. The van der Waals surface area contributed by atoms with Gasteiger partial charge in [0.25, 0.3) is 5.91 Å². The molecule has 56 heavy (non-hydrogen) atoms. The Labute approximate surface area is 326 Å². The summed E-state index contributed by atoms with van der Waals surface area (Å²) in [6, 6.07) is 8.35. The highest BCUT2D eigenvalue weighted by atomic mass is 16.5. The van der Waals surface area contributed by atoms with E-state index in [1.54, 1.807) is 42.1 Å². The molecule has 5 rings (SSSR count). The van der Waals surface area contributed by atoms with Crippen LogP contribution in [-0.4, -0.2) is 92.7 Å². The number of allylic oxidation sites excluding steroid dienone is 2. The maximum absolute atomic E-state index is 13.7. The van der Waals surface area contributed by atoms with Crippen LogP contribution in [0, 0.1) is 6.92 Å². The SMILES string of the molecule is CCn1nc(C)cc1C(=O)Nc1nc2cc(C(N)=O)cc(OCCCOC(C)C)c2n1C/C=C/Cn1c(NC)nc2cc(C=O)cc(OCCCOC(C)C)c21. The molecule has 16 nitrogen and oxygen atoms in total. The number of hydrogen-bond acceptors (Lipinski definition) is 11. The molecule has 0 spiro atoms. The van der Waals surface area contributed by atoms with E-state index in [9.17, 15) is 14.4 Å². The molecule has 3 heterocycles. The average molecular weight is 772 g/mol. The lowest BCUT2D eigenvalue weighted by Crippen LogP contribution is -2.20. The van der Waals surface area contributed by atoms with Crippen LogP contribution in [-0.2, 0) is 29.1 Å². The molecule has 3 aromatic heterocycles. The number of aryl methyl sites for hydroxylation is 2. The number of amides is 2. The highest BCUT2D eigenvalue weighted by molar-refractivity contribution is 6.04. The number of aromatic nitrogens is 6. The van der Waals surface area contributed by atoms with Crippen molar-refractivity contribution in [2.75, 3.05) is 44.1 Å². The predicted octanol–water partition coefficient (Wildman–Crippen LogP) is 5.76. The summed E-state index contributed by atoms with van der Waals surface area (Å²) in [4.78, 5) is 47.4. The lowest BCUT2D eigenvalue weighted by Gasteiger charge is -2.14. The summed E-state index contributed by atoms with van der Waals surface area (Å²) in [5.41, 5.74) is 9.82. The van der Waals surface area contributed by atoms with Gasteiger partial charge in [-0.2, -0.15) is 5.10 Å². The fraction of sp³-hybridized carbons (Fsp3) is 0.450. The Bertz CT molecular complexity index is 2180. The van der Waals surface area contributed by atoms with Crippen LogP contribution >= 0.6 is 0 Å². The minimum absolute atomic E-state index is 0.0826. The maximum atomic E-state index is 13.7. The van der Waals surface area contributed by atoms with Gasteiger partial charge in [0, 0.05) is 50.7 Å². The fourth-order valence-electron chi connectivity index (χ4n) is 6.17. The molecule has 0 unspecified atom stereocenters. The minimum atomic E-state index is -0.636. The summed E-state index contributed by atoms with van der Waals surface area (Å²) in [6.45, 7) is 14.5. The number of nitrogens with one attached hydrogen (secondary N) is 2. The van der Waals surface area contributed by atoms with E-state index >= 15 is 0 Å². The van der Waals surface area contributed by atoms with Gasteiger partial charge in [0.05, 0.1) is 55.4 Å². The third-order valence-corrected chi connectivity index (χ3v) is 8.68. The molecule has 5 aromatic rings. The lowest BCUT2D eigenvalue weighted by molar-refractivity contribution is 0.0692. The Morgan fingerprint density at radius 2 is 1.39 bits per heavy atom. The molecule has 0 saturated heterocycles. The highest BCUT2D eigenvalue weighted by Crippen LogP contribution is 2.33. The third kappa shape index (κ3) is 10.1. The zero-order valence-corrected chi connectivity index (χ0v) is 33.3. The van der Waals surface area contributed by atoms with E-state index in [0.29, 0.717) is 103 Å². The van der Waals surface area contributed by atoms with Gasteiger partial charge in [0.1, 0.15) is 34.5 Å². The van der Waals surface area contributed by atoms with Crippen LogP contribution in [0.3, 0.4) is 0 Å². The summed E-state index contributed by atoms with van der Waals surface area (Å²) in [5, 5.41) is 10.5. The fourth-order valence-corrected chi connectivity index (χ4v) is 6.17. The number of aldehydes is 1. The monoisotopic (exact) mass is 771 g/mol. The smallest absolute Gasteiger partial charge is 0.276 e. The van der Waals surface area contributed by atoms with Gasteiger partial charge in [-0.1, -0.05) is 12.2 Å². The number of carbonyl (C=O) groups excluding carboxylic acids is 3. The van der Waals surface area contributed by atoms with Crippen LogP contribution in [0.25, 0.3) is 22.1 Å². The van der Waals surface area contributed by atoms with Gasteiger partial charge >= 0.3 is 0 Å². The van der Waals surface area contributed by atoms with E-state index < -0.39 is 11.8 Å². The van der Waals surface area contributed by atoms with Gasteiger partial charge in [-0.25, -0.2) is 9.97 Å². The molecule has 2 amide bonds. The Balaban J connectivity index is 1.50. The van der Waals surface area contributed by atoms with Gasteiger partial charge in [-0.05, 0) is 71.9 Å². The summed E-state index contributed by atoms with van der Waals surface area (Å²) in [7, 11) is 1.78. The van der Waals surface area contributed by atoms with E-state index in [4.69, 9.17) is 34.6 Å². The van der Waals surface area contributed by atoms with Crippen molar-refractivity contribution in [1.82, 2.24) is 28.9 Å². The molecule has 0 saturated carbocycles. The van der Waals surface area contributed by atoms with Gasteiger partial charge in [-0.3, -0.25) is 24.4 Å². The van der Waals surface area contributed by atoms with Crippen molar-refractivity contribution in [3.8, 4) is 11.5 Å². The van der Waals surface area contributed by atoms with Crippen LogP contribution in [0.1, 0.15) is 84.4 Å². The van der Waals surface area contributed by atoms with Gasteiger partial charge in [-0.15, -0.1) is 0 Å². The first-order chi connectivity index (χ1) is 26.9. The Morgan fingerprint density at radius 1 is 0.821 bits per heavy atom. The molecule has 16 heteroatoms. The molecule has 0 atom stereocenters. The highest BCUT2D eigenvalue weighted by Gasteiger charge is 2.22. The van der Waals surface area contributed by atoms with E-state index in [2.05, 4.69) is 15.7 Å². The van der Waals surface area contributed by atoms with Gasteiger partial charge in [0.2, 0.25) is 17.8 Å². The van der Waals surface area contributed by atoms with Crippen molar-refractivity contribution in [1.29, 1.82) is 0 Å². The second-order valence-electron chi connectivity index (χ2n) is 13.7. The molecule has 0 bridgehead atoms. The predicted molar refractivity (Wildman–Crippen MR) is 215 cm³/mol. The number of fused-ring (bicyclic) bond motifs is 2. The number of primary amides is 1. The number of nitrogens with two attached hydrogens (primary N) is 1. The number of hydrogen-bond donors (Lipinski definition) is 3. The van der Waals surface area contributed by atoms with Crippen molar-refractivity contribution in [3.05, 3.63) is 65.0 Å². The zero-order valence-electron chi connectivity index (χ0n) is 33.3. The number of imidazole rings is 2. The Kier molecular flexibility index (Phi) is 14.2. The van der Waals surface area contributed by atoms with Crippen molar-refractivity contribution in [2.45, 2.75) is 86.2 Å². The first-order valence-electron chi connectivity index (χ1n) is 18.9. The molecule has 0 fully saturated rings. The number of anilines is 2. The number of rotatable bonds is 22. The number of benzene rings is 2. The Hall–Kier alpha value is -5.74. The third-order valence-electron chi connectivity index (χ3n) is 8.68. The summed E-state index contributed by atoms with van der Waals surface area (Å²) < 4.78 is 29.2. The number of nitrogens with zero attached hydrogens (tertiary/aromatic N) is 6. The lowest BCUT2D eigenvalue weighted by atomic mass is 10.1.